The molecule has 3 heterocycles. The smallest absolute Gasteiger partial charge is 0.284 e. The van der Waals surface area contributed by atoms with E-state index in [0.29, 0.717) is 11.3 Å². The third-order valence-electron chi connectivity index (χ3n) is 7.62. The number of aromatic hydroxyl groups is 1. The van der Waals surface area contributed by atoms with Crippen molar-refractivity contribution in [2.75, 3.05) is 13.1 Å². The van der Waals surface area contributed by atoms with Crippen LogP contribution >= 0.6 is 0 Å². The van der Waals surface area contributed by atoms with Gasteiger partial charge in [0, 0.05) is 0 Å². The number of piperidine rings is 1. The number of rotatable bonds is 1. The molecule has 0 radical (unpaired) electrons. The Bertz CT molecular complexity index is 1200. The fourth-order valence-electron chi connectivity index (χ4n) is 6.13. The second-order valence-corrected chi connectivity index (χ2v) is 9.19. The zero-order valence-electron chi connectivity index (χ0n) is 17.2. The summed E-state index contributed by atoms with van der Waals surface area (Å²) in [6.45, 7) is 2.13. The van der Waals surface area contributed by atoms with Crippen molar-refractivity contribution >= 4 is 10.9 Å². The van der Waals surface area contributed by atoms with Gasteiger partial charge in [0.2, 0.25) is 0 Å². The van der Waals surface area contributed by atoms with Gasteiger partial charge in [-0.2, -0.15) is 4.98 Å². The highest BCUT2D eigenvalue weighted by molar-refractivity contribution is 5.87. The van der Waals surface area contributed by atoms with Crippen molar-refractivity contribution in [1.29, 1.82) is 0 Å². The Kier molecular flexibility index (Phi) is 4.03. The van der Waals surface area contributed by atoms with Crippen LogP contribution in [0.25, 0.3) is 16.6 Å². The van der Waals surface area contributed by atoms with E-state index in [4.69, 9.17) is 0 Å². The zero-order valence-corrected chi connectivity index (χ0v) is 17.2. The minimum Gasteiger partial charge on any atom is -0.507 e. The van der Waals surface area contributed by atoms with E-state index in [0.717, 1.165) is 68.6 Å². The highest BCUT2D eigenvalue weighted by atomic mass is 16.3. The Morgan fingerprint density at radius 2 is 1.87 bits per heavy atom. The molecular formula is C25H27N3O2. The van der Waals surface area contributed by atoms with Gasteiger partial charge >= 0.3 is 0 Å². The van der Waals surface area contributed by atoms with E-state index in [9.17, 15) is 9.90 Å². The van der Waals surface area contributed by atoms with Crippen LogP contribution in [-0.2, 0) is 5.41 Å². The lowest BCUT2D eigenvalue weighted by molar-refractivity contribution is 0.338. The maximum Gasteiger partial charge on any atom is 0.284 e. The summed E-state index contributed by atoms with van der Waals surface area (Å²) in [7, 11) is 0. The first-order valence-corrected chi connectivity index (χ1v) is 11.3. The molecule has 2 aliphatic heterocycles. The quantitative estimate of drug-likeness (QED) is 0.644. The molecule has 30 heavy (non-hydrogen) atoms. The van der Waals surface area contributed by atoms with Gasteiger partial charge in [0.15, 0.2) is 0 Å². The molecule has 154 valence electrons. The van der Waals surface area contributed by atoms with E-state index in [1.165, 1.54) is 17.5 Å². The van der Waals surface area contributed by atoms with Gasteiger partial charge in [-0.25, -0.2) is 0 Å². The lowest BCUT2D eigenvalue weighted by Gasteiger charge is -2.33. The van der Waals surface area contributed by atoms with E-state index in [1.54, 1.807) is 6.07 Å². The Hall–Kier alpha value is -2.66. The minimum atomic E-state index is -0.314. The lowest BCUT2D eigenvalue weighted by atomic mass is 9.69. The molecule has 1 aliphatic carbocycles. The molecule has 0 amide bonds. The van der Waals surface area contributed by atoms with Crippen molar-refractivity contribution in [3.8, 4) is 11.4 Å². The fourth-order valence-corrected chi connectivity index (χ4v) is 6.13. The van der Waals surface area contributed by atoms with E-state index in [-0.39, 0.29) is 16.7 Å². The summed E-state index contributed by atoms with van der Waals surface area (Å²) in [6.07, 6.45) is 7.92. The minimum absolute atomic E-state index is 0.0148. The molecule has 1 aromatic heterocycles. The predicted molar refractivity (Wildman–Crippen MR) is 118 cm³/mol. The van der Waals surface area contributed by atoms with Crippen LogP contribution in [0.3, 0.4) is 0 Å². The molecule has 2 N–H and O–H groups in total. The number of nitrogens with one attached hydrogen (secondary N) is 1. The van der Waals surface area contributed by atoms with E-state index >= 15 is 0 Å². The number of hydrogen-bond acceptors (Lipinski definition) is 4. The molecule has 5 heteroatoms. The van der Waals surface area contributed by atoms with Gasteiger partial charge in [-0.05, 0) is 74.0 Å². The standard InChI is InChI=1S/C25H27N3O2/c29-21-6-4-5-19-22(21)23(30)27-24-25(11-2-1-3-12-25)18-8-7-17(15-20(18)28(19)24)16-9-13-26-14-10-16/h4-8,15-16,26,29H,1-3,9-14H2. The van der Waals surface area contributed by atoms with Gasteiger partial charge < -0.3 is 10.4 Å². The summed E-state index contributed by atoms with van der Waals surface area (Å²) in [5, 5.41) is 14.2. The molecule has 5 nitrogen and oxygen atoms in total. The summed E-state index contributed by atoms with van der Waals surface area (Å²) >= 11 is 0. The first kappa shape index (κ1) is 18.1. The number of fused-ring (bicyclic) bond motifs is 7. The average molecular weight is 402 g/mol. The van der Waals surface area contributed by atoms with Crippen LogP contribution in [-0.4, -0.2) is 27.7 Å². The van der Waals surface area contributed by atoms with Crippen LogP contribution in [0.5, 0.6) is 5.75 Å². The van der Waals surface area contributed by atoms with E-state index in [2.05, 4.69) is 33.1 Å². The molecule has 1 spiro atoms. The van der Waals surface area contributed by atoms with Crippen LogP contribution in [0.4, 0.5) is 0 Å². The normalized spacial score (nSPS) is 20.4. The van der Waals surface area contributed by atoms with Gasteiger partial charge in [0.1, 0.15) is 17.0 Å². The molecule has 0 bridgehead atoms. The summed E-state index contributed by atoms with van der Waals surface area (Å²) in [6, 6.07) is 12.3. The molecule has 2 fully saturated rings. The van der Waals surface area contributed by atoms with Crippen LogP contribution in [0.15, 0.2) is 41.2 Å². The summed E-state index contributed by atoms with van der Waals surface area (Å²) < 4.78 is 2.18. The zero-order chi connectivity index (χ0) is 20.3. The number of hydrogen-bond donors (Lipinski definition) is 2. The van der Waals surface area contributed by atoms with Crippen molar-refractivity contribution < 1.29 is 5.11 Å². The summed E-state index contributed by atoms with van der Waals surface area (Å²) in [4.78, 5) is 17.6. The molecule has 0 unspecified atom stereocenters. The Morgan fingerprint density at radius 1 is 1.07 bits per heavy atom. The van der Waals surface area contributed by atoms with E-state index < -0.39 is 0 Å². The third-order valence-corrected chi connectivity index (χ3v) is 7.62. The van der Waals surface area contributed by atoms with Crippen molar-refractivity contribution in [2.45, 2.75) is 56.3 Å². The lowest BCUT2D eigenvalue weighted by Crippen LogP contribution is -2.32. The van der Waals surface area contributed by atoms with Gasteiger partial charge in [-0.3, -0.25) is 9.36 Å². The largest absolute Gasteiger partial charge is 0.507 e. The fraction of sp³-hybridized carbons (Fsp3) is 0.440. The van der Waals surface area contributed by atoms with Crippen molar-refractivity contribution in [3.63, 3.8) is 0 Å². The molecule has 0 atom stereocenters. The van der Waals surface area contributed by atoms with Crippen molar-refractivity contribution in [3.05, 3.63) is 63.7 Å². The van der Waals surface area contributed by atoms with Crippen LogP contribution in [0.1, 0.15) is 67.8 Å². The molecule has 1 saturated heterocycles. The topological polar surface area (TPSA) is 67.2 Å². The number of aromatic nitrogens is 2. The number of benzene rings is 2. The first-order valence-electron chi connectivity index (χ1n) is 11.3. The van der Waals surface area contributed by atoms with Gasteiger partial charge in [0.25, 0.3) is 5.56 Å². The van der Waals surface area contributed by atoms with Crippen molar-refractivity contribution in [1.82, 2.24) is 14.9 Å². The Labute approximate surface area is 175 Å². The SMILES string of the molecule is O=c1nc2n(c3cccc(O)c13)-c1cc(C3CCNCC3)ccc1C21CCCCC1. The molecule has 2 aromatic carbocycles. The first-order chi connectivity index (χ1) is 14.7. The molecule has 1 saturated carbocycles. The van der Waals surface area contributed by atoms with Gasteiger partial charge in [-0.1, -0.05) is 37.5 Å². The number of phenolic OH excluding ortho intramolecular Hbond substituents is 1. The second-order valence-electron chi connectivity index (χ2n) is 9.19. The molecule has 3 aromatic rings. The van der Waals surface area contributed by atoms with Crippen molar-refractivity contribution in [2.24, 2.45) is 0 Å². The highest BCUT2D eigenvalue weighted by Crippen LogP contribution is 2.52. The maximum atomic E-state index is 13.0. The Balaban J connectivity index is 1.65. The van der Waals surface area contributed by atoms with Crippen LogP contribution in [0, 0.1) is 0 Å². The summed E-state index contributed by atoms with van der Waals surface area (Å²) in [5.74, 6) is 1.46. The molecular weight excluding hydrogens is 374 g/mol. The Morgan fingerprint density at radius 3 is 2.67 bits per heavy atom. The number of nitrogens with zero attached hydrogens (tertiary/aromatic N) is 2. The average Bonchev–Trinajstić information content (AvgIpc) is 3.04. The van der Waals surface area contributed by atoms with Gasteiger partial charge in [-0.15, -0.1) is 0 Å². The van der Waals surface area contributed by atoms with Crippen LogP contribution in [0.2, 0.25) is 0 Å². The second kappa shape index (κ2) is 6.67. The summed E-state index contributed by atoms with van der Waals surface area (Å²) in [5.41, 5.74) is 4.12. The predicted octanol–water partition coefficient (Wildman–Crippen LogP) is 4.12. The third kappa shape index (κ3) is 2.45. The monoisotopic (exact) mass is 401 g/mol. The van der Waals surface area contributed by atoms with Gasteiger partial charge in [0.05, 0.1) is 16.6 Å². The maximum absolute atomic E-state index is 13.0. The van der Waals surface area contributed by atoms with Crippen LogP contribution < -0.4 is 10.9 Å². The highest BCUT2D eigenvalue weighted by Gasteiger charge is 2.46. The molecule has 6 rings (SSSR count). The number of phenols is 1. The molecule has 3 aliphatic rings. The van der Waals surface area contributed by atoms with E-state index in [1.807, 2.05) is 12.1 Å².